The van der Waals surface area contributed by atoms with Crippen molar-refractivity contribution in [3.63, 3.8) is 0 Å². The Morgan fingerprint density at radius 2 is 2.04 bits per heavy atom. The van der Waals surface area contributed by atoms with Crippen molar-refractivity contribution in [2.45, 2.75) is 19.4 Å². The number of rotatable bonds is 3. The predicted molar refractivity (Wildman–Crippen MR) is 101 cm³/mol. The molecule has 0 aliphatic carbocycles. The molecule has 1 aliphatic heterocycles. The molecule has 6 heteroatoms. The summed E-state index contributed by atoms with van der Waals surface area (Å²) in [5.74, 6) is 1.55. The van der Waals surface area contributed by atoms with Gasteiger partial charge in [-0.2, -0.15) is 0 Å². The Bertz CT molecular complexity index is 1100. The van der Waals surface area contributed by atoms with E-state index in [-0.39, 0.29) is 0 Å². The zero-order valence-electron chi connectivity index (χ0n) is 14.6. The maximum absolute atomic E-state index is 5.42. The van der Waals surface area contributed by atoms with E-state index >= 15 is 0 Å². The van der Waals surface area contributed by atoms with Crippen molar-refractivity contribution >= 4 is 22.2 Å². The highest BCUT2D eigenvalue weighted by atomic mass is 16.5. The lowest BCUT2D eigenvalue weighted by molar-refractivity contribution is 0.419. The van der Waals surface area contributed by atoms with E-state index in [1.165, 1.54) is 11.3 Å². The van der Waals surface area contributed by atoms with Gasteiger partial charge in [0.15, 0.2) is 11.5 Å². The molecule has 0 N–H and O–H groups in total. The van der Waals surface area contributed by atoms with Crippen molar-refractivity contribution in [3.8, 4) is 5.75 Å². The predicted octanol–water partition coefficient (Wildman–Crippen LogP) is 3.24. The second kappa shape index (κ2) is 5.98. The molecule has 130 valence electrons. The average Bonchev–Trinajstić information content (AvgIpc) is 3.11. The second-order valence-corrected chi connectivity index (χ2v) is 6.55. The van der Waals surface area contributed by atoms with Crippen molar-refractivity contribution in [2.24, 2.45) is 0 Å². The summed E-state index contributed by atoms with van der Waals surface area (Å²) in [5, 5.41) is 5.59. The first-order chi connectivity index (χ1) is 12.8. The molecule has 3 heterocycles. The summed E-state index contributed by atoms with van der Waals surface area (Å²) < 4.78 is 7.17. The number of hydrogen-bond donors (Lipinski definition) is 0. The third-order valence-electron chi connectivity index (χ3n) is 4.97. The van der Waals surface area contributed by atoms with Crippen LogP contribution < -0.4 is 9.64 Å². The molecule has 2 aromatic heterocycles. The Labute approximate surface area is 151 Å². The third kappa shape index (κ3) is 2.37. The zero-order valence-corrected chi connectivity index (χ0v) is 14.6. The van der Waals surface area contributed by atoms with E-state index in [4.69, 9.17) is 9.72 Å². The first kappa shape index (κ1) is 15.1. The topological polar surface area (TPSA) is 55.6 Å². The van der Waals surface area contributed by atoms with Gasteiger partial charge in [-0.25, -0.2) is 14.5 Å². The minimum Gasteiger partial charge on any atom is -0.494 e. The Balaban J connectivity index is 1.56. The Hall–Kier alpha value is -3.15. The monoisotopic (exact) mass is 345 g/mol. The molecule has 0 radical (unpaired) electrons. The minimum atomic E-state index is 0.699. The number of methoxy groups -OCH3 is 1. The molecule has 0 fully saturated rings. The van der Waals surface area contributed by atoms with Crippen molar-refractivity contribution in [1.29, 1.82) is 0 Å². The zero-order chi connectivity index (χ0) is 17.5. The summed E-state index contributed by atoms with van der Waals surface area (Å²) in [7, 11) is 1.66. The average molecular weight is 345 g/mol. The van der Waals surface area contributed by atoms with Crippen LogP contribution in [0.4, 0.5) is 5.69 Å². The minimum absolute atomic E-state index is 0.699. The molecule has 0 atom stereocenters. The first-order valence-corrected chi connectivity index (χ1v) is 8.83. The van der Waals surface area contributed by atoms with Gasteiger partial charge in [-0.15, -0.1) is 5.10 Å². The number of fused-ring (bicyclic) bond motifs is 4. The van der Waals surface area contributed by atoms with Crippen molar-refractivity contribution in [3.05, 3.63) is 60.2 Å². The van der Waals surface area contributed by atoms with Gasteiger partial charge in [-0.05, 0) is 36.6 Å². The number of para-hydroxylation sites is 2. The van der Waals surface area contributed by atoms with Crippen LogP contribution in [-0.2, 0) is 13.0 Å². The molecular weight excluding hydrogens is 326 g/mol. The maximum Gasteiger partial charge on any atom is 0.171 e. The van der Waals surface area contributed by atoms with Crippen LogP contribution >= 0.6 is 0 Å². The van der Waals surface area contributed by atoms with E-state index in [9.17, 15) is 0 Å². The SMILES string of the molecule is COc1cccc2c1ncn1nc(CN3CCCc4ccccc43)nc21. The van der Waals surface area contributed by atoms with Crippen LogP contribution in [0.1, 0.15) is 17.8 Å². The number of hydrogen-bond acceptors (Lipinski definition) is 5. The van der Waals surface area contributed by atoms with Gasteiger partial charge >= 0.3 is 0 Å². The fraction of sp³-hybridized carbons (Fsp3) is 0.250. The number of aromatic nitrogens is 4. The van der Waals surface area contributed by atoms with Crippen LogP contribution in [0.3, 0.4) is 0 Å². The van der Waals surface area contributed by atoms with Gasteiger partial charge in [-0.1, -0.05) is 24.3 Å². The van der Waals surface area contributed by atoms with E-state index in [2.05, 4.69) is 39.2 Å². The van der Waals surface area contributed by atoms with Gasteiger partial charge in [0, 0.05) is 17.6 Å². The summed E-state index contributed by atoms with van der Waals surface area (Å²) in [6.45, 7) is 1.73. The Morgan fingerprint density at radius 3 is 2.96 bits per heavy atom. The summed E-state index contributed by atoms with van der Waals surface area (Å²) in [4.78, 5) is 11.7. The number of ether oxygens (including phenoxy) is 1. The smallest absolute Gasteiger partial charge is 0.171 e. The van der Waals surface area contributed by atoms with Gasteiger partial charge in [-0.3, -0.25) is 0 Å². The summed E-state index contributed by atoms with van der Waals surface area (Å²) in [6.07, 6.45) is 4.01. The van der Waals surface area contributed by atoms with Gasteiger partial charge in [0.1, 0.15) is 17.6 Å². The van der Waals surface area contributed by atoms with Gasteiger partial charge in [0.05, 0.1) is 13.7 Å². The van der Waals surface area contributed by atoms with Crippen LogP contribution in [0.25, 0.3) is 16.6 Å². The Morgan fingerprint density at radius 1 is 1.12 bits per heavy atom. The van der Waals surface area contributed by atoms with Crippen LogP contribution in [0, 0.1) is 0 Å². The van der Waals surface area contributed by atoms with Crippen LogP contribution in [0.5, 0.6) is 5.75 Å². The lowest BCUT2D eigenvalue weighted by Crippen LogP contribution is -2.29. The van der Waals surface area contributed by atoms with Crippen molar-refractivity contribution in [1.82, 2.24) is 19.6 Å². The molecule has 0 saturated heterocycles. The van der Waals surface area contributed by atoms with E-state index in [1.54, 1.807) is 18.0 Å². The number of benzene rings is 2. The molecule has 0 bridgehead atoms. The highest BCUT2D eigenvalue weighted by Crippen LogP contribution is 2.29. The number of anilines is 1. The standard InChI is InChI=1S/C20H19N5O/c1-26-17-10-4-8-15-19(17)21-13-25-20(15)22-18(23-25)12-24-11-5-7-14-6-2-3-9-16(14)24/h2-4,6,8-10,13H,5,7,11-12H2,1H3. The summed E-state index contributed by atoms with van der Waals surface area (Å²) in [6, 6.07) is 14.5. The number of aryl methyl sites for hydroxylation is 1. The normalized spacial score (nSPS) is 14.0. The molecule has 0 unspecified atom stereocenters. The van der Waals surface area contributed by atoms with Crippen LogP contribution in [0.2, 0.25) is 0 Å². The molecule has 0 saturated carbocycles. The largest absolute Gasteiger partial charge is 0.494 e. The fourth-order valence-electron chi connectivity index (χ4n) is 3.76. The summed E-state index contributed by atoms with van der Waals surface area (Å²) in [5.41, 5.74) is 4.32. The highest BCUT2D eigenvalue weighted by Gasteiger charge is 2.19. The van der Waals surface area contributed by atoms with E-state index in [0.717, 1.165) is 47.5 Å². The lowest BCUT2D eigenvalue weighted by Gasteiger charge is -2.30. The number of nitrogens with zero attached hydrogens (tertiary/aromatic N) is 5. The quantitative estimate of drug-likeness (QED) is 0.570. The highest BCUT2D eigenvalue weighted by molar-refractivity contribution is 5.94. The molecule has 1 aliphatic rings. The second-order valence-electron chi connectivity index (χ2n) is 6.55. The van der Waals surface area contributed by atoms with Gasteiger partial charge in [0.2, 0.25) is 0 Å². The van der Waals surface area contributed by atoms with Crippen molar-refractivity contribution < 1.29 is 4.74 Å². The molecule has 4 aromatic rings. The summed E-state index contributed by atoms with van der Waals surface area (Å²) >= 11 is 0. The molecule has 2 aromatic carbocycles. The molecule has 26 heavy (non-hydrogen) atoms. The first-order valence-electron chi connectivity index (χ1n) is 8.83. The van der Waals surface area contributed by atoms with Crippen molar-refractivity contribution in [2.75, 3.05) is 18.6 Å². The molecule has 0 spiro atoms. The van der Waals surface area contributed by atoms with E-state index < -0.39 is 0 Å². The molecule has 6 nitrogen and oxygen atoms in total. The van der Waals surface area contributed by atoms with E-state index in [0.29, 0.717) is 6.54 Å². The molecular formula is C20H19N5O. The maximum atomic E-state index is 5.42. The molecule has 5 rings (SSSR count). The Kier molecular flexibility index (Phi) is 3.48. The van der Waals surface area contributed by atoms with Crippen LogP contribution in [-0.4, -0.2) is 33.2 Å². The van der Waals surface area contributed by atoms with Crippen LogP contribution in [0.15, 0.2) is 48.8 Å². The van der Waals surface area contributed by atoms with E-state index in [1.807, 2.05) is 18.2 Å². The lowest BCUT2D eigenvalue weighted by atomic mass is 10.0. The van der Waals surface area contributed by atoms with Gasteiger partial charge in [0.25, 0.3) is 0 Å². The molecule has 0 amide bonds. The van der Waals surface area contributed by atoms with Gasteiger partial charge < -0.3 is 9.64 Å². The fourth-order valence-corrected chi connectivity index (χ4v) is 3.76. The third-order valence-corrected chi connectivity index (χ3v) is 4.97.